The smallest absolute Gasteiger partial charge is 0.332 e. The minimum Gasteiger partial charge on any atom is -0.339 e. The van der Waals surface area contributed by atoms with E-state index in [2.05, 4.69) is 4.98 Å². The first kappa shape index (κ1) is 20.8. The molecule has 0 bridgehead atoms. The zero-order chi connectivity index (χ0) is 21.3. The highest BCUT2D eigenvalue weighted by Crippen LogP contribution is 2.17. The van der Waals surface area contributed by atoms with E-state index >= 15 is 0 Å². The maximum atomic E-state index is 13.3. The van der Waals surface area contributed by atoms with E-state index in [1.807, 2.05) is 13.8 Å². The van der Waals surface area contributed by atoms with Crippen LogP contribution in [0.25, 0.3) is 11.0 Å². The first-order valence-electron chi connectivity index (χ1n) is 9.43. The van der Waals surface area contributed by atoms with Gasteiger partial charge in [-0.1, -0.05) is 23.7 Å². The Kier molecular flexibility index (Phi) is 5.88. The molecule has 0 atom stereocenters. The second kappa shape index (κ2) is 8.21. The molecule has 0 aliphatic rings. The molecule has 0 fully saturated rings. The van der Waals surface area contributed by atoms with Crippen molar-refractivity contribution >= 4 is 28.5 Å². The lowest BCUT2D eigenvalue weighted by atomic mass is 10.1. The fourth-order valence-corrected chi connectivity index (χ4v) is 3.49. The zero-order valence-electron chi connectivity index (χ0n) is 16.9. The summed E-state index contributed by atoms with van der Waals surface area (Å²) >= 11 is 5.92. The summed E-state index contributed by atoms with van der Waals surface area (Å²) in [6, 6.07) is 8.53. The molecule has 0 unspecified atom stereocenters. The van der Waals surface area contributed by atoms with Gasteiger partial charge in [0.15, 0.2) is 0 Å². The number of nitrogens with zero attached hydrogens (tertiary/aromatic N) is 4. The van der Waals surface area contributed by atoms with Crippen LogP contribution in [0.1, 0.15) is 35.5 Å². The van der Waals surface area contributed by atoms with E-state index < -0.39 is 11.2 Å². The lowest BCUT2D eigenvalue weighted by Crippen LogP contribution is -2.41. The molecule has 0 radical (unpaired) electrons. The van der Waals surface area contributed by atoms with Gasteiger partial charge in [-0.05, 0) is 44.5 Å². The SMILES string of the molecule is CCN(CC)C(=O)c1cc(C)nc2c1c(=O)n(Cc1ccc(Cl)cc1)c(=O)n2C. The third-order valence-electron chi connectivity index (χ3n) is 4.96. The van der Waals surface area contributed by atoms with Gasteiger partial charge in [0.2, 0.25) is 0 Å². The van der Waals surface area contributed by atoms with Gasteiger partial charge in [-0.25, -0.2) is 9.78 Å². The molecule has 1 amide bonds. The summed E-state index contributed by atoms with van der Waals surface area (Å²) < 4.78 is 2.44. The van der Waals surface area contributed by atoms with E-state index in [0.29, 0.717) is 23.8 Å². The number of aromatic nitrogens is 3. The van der Waals surface area contributed by atoms with Crippen LogP contribution in [-0.2, 0) is 13.6 Å². The number of pyridine rings is 1. The molecule has 0 aliphatic carbocycles. The Morgan fingerprint density at radius 1 is 1.14 bits per heavy atom. The van der Waals surface area contributed by atoms with E-state index in [-0.39, 0.29) is 29.0 Å². The summed E-state index contributed by atoms with van der Waals surface area (Å²) in [5, 5.41) is 0.725. The standard InChI is InChI=1S/C21H23ClN4O3/c1-5-25(6-2)19(27)16-11-13(3)23-18-17(16)20(28)26(21(29)24(18)4)12-14-7-9-15(22)10-8-14/h7-11H,5-6,12H2,1-4H3. The number of amides is 1. The summed E-state index contributed by atoms with van der Waals surface area (Å²) in [4.78, 5) is 45.3. The molecular weight excluding hydrogens is 392 g/mol. The van der Waals surface area contributed by atoms with Crippen molar-refractivity contribution in [2.75, 3.05) is 13.1 Å². The Balaban J connectivity index is 2.30. The van der Waals surface area contributed by atoms with Crippen LogP contribution in [-0.4, -0.2) is 38.0 Å². The van der Waals surface area contributed by atoms with Gasteiger partial charge in [-0.15, -0.1) is 0 Å². The zero-order valence-corrected chi connectivity index (χ0v) is 17.7. The predicted molar refractivity (Wildman–Crippen MR) is 114 cm³/mol. The highest BCUT2D eigenvalue weighted by Gasteiger charge is 2.22. The number of rotatable bonds is 5. The lowest BCUT2D eigenvalue weighted by molar-refractivity contribution is 0.0774. The van der Waals surface area contributed by atoms with Crippen LogP contribution < -0.4 is 11.2 Å². The Morgan fingerprint density at radius 3 is 2.34 bits per heavy atom. The molecule has 7 nitrogen and oxygen atoms in total. The van der Waals surface area contributed by atoms with Crippen LogP contribution in [0, 0.1) is 6.92 Å². The molecule has 152 valence electrons. The van der Waals surface area contributed by atoms with Gasteiger partial charge >= 0.3 is 5.69 Å². The van der Waals surface area contributed by atoms with Crippen LogP contribution in [0.5, 0.6) is 0 Å². The van der Waals surface area contributed by atoms with Gasteiger partial charge in [-0.2, -0.15) is 0 Å². The van der Waals surface area contributed by atoms with Crippen molar-refractivity contribution in [3.05, 3.63) is 73.0 Å². The summed E-state index contributed by atoms with van der Waals surface area (Å²) in [6.07, 6.45) is 0. The number of halogens is 1. The van der Waals surface area contributed by atoms with Gasteiger partial charge < -0.3 is 4.90 Å². The number of hydrogen-bond donors (Lipinski definition) is 0. The molecule has 0 saturated carbocycles. The normalized spacial score (nSPS) is 11.1. The fraction of sp³-hybridized carbons (Fsp3) is 0.333. The van der Waals surface area contributed by atoms with E-state index in [9.17, 15) is 14.4 Å². The van der Waals surface area contributed by atoms with Gasteiger partial charge in [0.05, 0.1) is 17.5 Å². The number of hydrogen-bond acceptors (Lipinski definition) is 4. The number of fused-ring (bicyclic) bond motifs is 1. The first-order chi connectivity index (χ1) is 13.8. The van der Waals surface area contributed by atoms with Crippen molar-refractivity contribution in [1.29, 1.82) is 0 Å². The van der Waals surface area contributed by atoms with Gasteiger partial charge in [-0.3, -0.25) is 18.7 Å². The second-order valence-corrected chi connectivity index (χ2v) is 7.28. The molecule has 2 heterocycles. The Labute approximate surface area is 173 Å². The number of carbonyl (C=O) groups excluding carboxylic acids is 1. The van der Waals surface area contributed by atoms with Crippen LogP contribution in [0.15, 0.2) is 39.9 Å². The van der Waals surface area contributed by atoms with E-state index in [1.54, 1.807) is 49.2 Å². The van der Waals surface area contributed by atoms with Gasteiger partial charge in [0.1, 0.15) is 5.65 Å². The van der Waals surface area contributed by atoms with E-state index in [0.717, 1.165) is 10.1 Å². The second-order valence-electron chi connectivity index (χ2n) is 6.85. The van der Waals surface area contributed by atoms with Crippen molar-refractivity contribution in [2.24, 2.45) is 7.05 Å². The molecule has 29 heavy (non-hydrogen) atoms. The third-order valence-corrected chi connectivity index (χ3v) is 5.21. The Hall–Kier alpha value is -2.93. The Morgan fingerprint density at radius 2 is 1.76 bits per heavy atom. The van der Waals surface area contributed by atoms with Crippen LogP contribution in [0.3, 0.4) is 0 Å². The molecular formula is C21H23ClN4O3. The quantitative estimate of drug-likeness (QED) is 0.643. The van der Waals surface area contributed by atoms with Gasteiger partial charge in [0, 0.05) is 30.9 Å². The molecule has 0 spiro atoms. The third kappa shape index (κ3) is 3.82. The molecule has 8 heteroatoms. The lowest BCUT2D eigenvalue weighted by Gasteiger charge is -2.20. The largest absolute Gasteiger partial charge is 0.339 e. The fourth-order valence-electron chi connectivity index (χ4n) is 3.37. The predicted octanol–water partition coefficient (Wildman–Crippen LogP) is 2.59. The topological polar surface area (TPSA) is 77.2 Å². The summed E-state index contributed by atoms with van der Waals surface area (Å²) in [6.45, 7) is 6.61. The summed E-state index contributed by atoms with van der Waals surface area (Å²) in [7, 11) is 1.56. The highest BCUT2D eigenvalue weighted by molar-refractivity contribution is 6.30. The number of benzene rings is 1. The monoisotopic (exact) mass is 414 g/mol. The molecule has 3 rings (SSSR count). The van der Waals surface area contributed by atoms with Crippen LogP contribution >= 0.6 is 11.6 Å². The molecule has 0 N–H and O–H groups in total. The number of aryl methyl sites for hydroxylation is 2. The molecule has 0 aliphatic heterocycles. The average molecular weight is 415 g/mol. The average Bonchev–Trinajstić information content (AvgIpc) is 2.71. The first-order valence-corrected chi connectivity index (χ1v) is 9.81. The Bertz CT molecular complexity index is 1190. The molecule has 3 aromatic rings. The van der Waals surface area contributed by atoms with Gasteiger partial charge in [0.25, 0.3) is 11.5 Å². The highest BCUT2D eigenvalue weighted by atomic mass is 35.5. The summed E-state index contributed by atoms with van der Waals surface area (Å²) in [5.41, 5.74) is 0.782. The minimum atomic E-state index is -0.527. The minimum absolute atomic E-state index is 0.0748. The maximum absolute atomic E-state index is 13.3. The van der Waals surface area contributed by atoms with Crippen LogP contribution in [0.2, 0.25) is 5.02 Å². The van der Waals surface area contributed by atoms with Crippen molar-refractivity contribution in [3.8, 4) is 0 Å². The van der Waals surface area contributed by atoms with E-state index in [1.165, 1.54) is 4.57 Å². The number of carbonyl (C=O) groups is 1. The van der Waals surface area contributed by atoms with Crippen molar-refractivity contribution in [1.82, 2.24) is 19.0 Å². The summed E-state index contributed by atoms with van der Waals surface area (Å²) in [5.74, 6) is -0.251. The van der Waals surface area contributed by atoms with Crippen molar-refractivity contribution in [3.63, 3.8) is 0 Å². The maximum Gasteiger partial charge on any atom is 0.332 e. The molecule has 0 saturated heterocycles. The molecule has 2 aromatic heterocycles. The molecule has 1 aromatic carbocycles. The van der Waals surface area contributed by atoms with E-state index in [4.69, 9.17) is 11.6 Å². The van der Waals surface area contributed by atoms with Crippen molar-refractivity contribution < 1.29 is 4.79 Å². The van der Waals surface area contributed by atoms with Crippen molar-refractivity contribution in [2.45, 2.75) is 27.3 Å². The van der Waals surface area contributed by atoms with Crippen LogP contribution in [0.4, 0.5) is 0 Å².